The molecule has 0 aliphatic heterocycles. The van der Waals surface area contributed by atoms with E-state index in [9.17, 15) is 10.1 Å². The molecule has 53 valence electrons. The van der Waals surface area contributed by atoms with E-state index in [2.05, 4.69) is 12.1 Å². The fourth-order valence-corrected chi connectivity index (χ4v) is 0.687. The zero-order chi connectivity index (χ0) is 7.72. The van der Waals surface area contributed by atoms with Gasteiger partial charge >= 0.3 is 5.69 Å². The third-order valence-electron chi connectivity index (χ3n) is 1.12. The van der Waals surface area contributed by atoms with Gasteiger partial charge in [-0.1, -0.05) is 0 Å². The monoisotopic (exact) mass is 140 g/mol. The van der Waals surface area contributed by atoms with Gasteiger partial charge in [0.25, 0.3) is 0 Å². The first-order valence-electron chi connectivity index (χ1n) is 2.63. The second-order valence-electron chi connectivity index (χ2n) is 1.90. The minimum absolute atomic E-state index is 0.00926. The van der Waals surface area contributed by atoms with Crippen molar-refractivity contribution in [3.63, 3.8) is 0 Å². The summed E-state index contributed by atoms with van der Waals surface area (Å²) < 4.78 is 1.17. The van der Waals surface area contributed by atoms with Crippen LogP contribution in [-0.4, -0.2) is 14.7 Å². The van der Waals surface area contributed by atoms with Gasteiger partial charge in [-0.2, -0.15) is 5.10 Å². The molecule has 1 heterocycles. The molecule has 0 saturated heterocycles. The highest BCUT2D eigenvalue weighted by Gasteiger charge is 2.12. The molecule has 0 saturated carbocycles. The van der Waals surface area contributed by atoms with Crippen LogP contribution in [0, 0.1) is 24.1 Å². The number of rotatable bonds is 1. The Morgan fingerprint density at radius 2 is 2.50 bits per heavy atom. The Bertz CT molecular complexity index is 266. The molecule has 5 nitrogen and oxygen atoms in total. The summed E-state index contributed by atoms with van der Waals surface area (Å²) >= 11 is 0. The lowest BCUT2D eigenvalue weighted by Gasteiger charge is -1.81. The second-order valence-corrected chi connectivity index (χ2v) is 1.90. The molecule has 0 spiro atoms. The summed E-state index contributed by atoms with van der Waals surface area (Å²) in [5.41, 5.74) is 0.398. The summed E-state index contributed by atoms with van der Waals surface area (Å²) in [5, 5.41) is 13.9. The smallest absolute Gasteiger partial charge is 0.263 e. The lowest BCUT2D eigenvalue weighted by Crippen LogP contribution is -1.86. The van der Waals surface area contributed by atoms with E-state index in [0.29, 0.717) is 5.69 Å². The number of aryl methyl sites for hydroxylation is 1. The molecule has 0 atom stereocenters. The van der Waals surface area contributed by atoms with Gasteiger partial charge in [-0.25, -0.2) is 0 Å². The first-order valence-corrected chi connectivity index (χ1v) is 2.63. The van der Waals surface area contributed by atoms with Crippen molar-refractivity contribution in [2.45, 2.75) is 6.92 Å². The maximum Gasteiger partial charge on any atom is 0.309 e. The minimum atomic E-state index is -0.482. The standard InChI is InChI=1S/C5H6N3O2/c1-4-5(8(9)10)3-7(2)6-4/h3H,2H2,1H3. The fraction of sp³-hybridized carbons (Fsp3) is 0.200. The molecule has 0 amide bonds. The van der Waals surface area contributed by atoms with Gasteiger partial charge < -0.3 is 0 Å². The Morgan fingerprint density at radius 1 is 1.90 bits per heavy atom. The van der Waals surface area contributed by atoms with E-state index in [4.69, 9.17) is 0 Å². The summed E-state index contributed by atoms with van der Waals surface area (Å²) in [6.07, 6.45) is 1.27. The van der Waals surface area contributed by atoms with Crippen LogP contribution in [0.1, 0.15) is 5.69 Å². The Morgan fingerprint density at radius 3 is 2.70 bits per heavy atom. The fourth-order valence-electron chi connectivity index (χ4n) is 0.687. The lowest BCUT2D eigenvalue weighted by atomic mass is 10.4. The van der Waals surface area contributed by atoms with Crippen LogP contribution < -0.4 is 0 Å². The third-order valence-corrected chi connectivity index (χ3v) is 1.12. The first-order chi connectivity index (χ1) is 4.61. The molecule has 0 fully saturated rings. The Kier molecular flexibility index (Phi) is 1.41. The molecule has 0 aromatic carbocycles. The van der Waals surface area contributed by atoms with Gasteiger partial charge in [0.1, 0.15) is 11.9 Å². The average Bonchev–Trinajstić information content (AvgIpc) is 2.10. The Balaban J connectivity index is 3.15. The molecule has 0 N–H and O–H groups in total. The normalized spacial score (nSPS) is 9.80. The zero-order valence-electron chi connectivity index (χ0n) is 5.44. The highest BCUT2D eigenvalue weighted by molar-refractivity contribution is 5.31. The summed E-state index contributed by atoms with van der Waals surface area (Å²) in [6.45, 7) is 1.57. The van der Waals surface area contributed by atoms with Crippen molar-refractivity contribution in [2.75, 3.05) is 0 Å². The summed E-state index contributed by atoms with van der Waals surface area (Å²) in [5.74, 6) is 0. The third kappa shape index (κ3) is 0.975. The minimum Gasteiger partial charge on any atom is -0.263 e. The van der Waals surface area contributed by atoms with Crippen LogP contribution in [0.15, 0.2) is 6.20 Å². The van der Waals surface area contributed by atoms with Crippen LogP contribution in [0.3, 0.4) is 0 Å². The van der Waals surface area contributed by atoms with Gasteiger partial charge in [-0.3, -0.25) is 14.8 Å². The first kappa shape index (κ1) is 6.73. The largest absolute Gasteiger partial charge is 0.309 e. The molecule has 0 bridgehead atoms. The number of nitrogens with zero attached hydrogens (tertiary/aromatic N) is 3. The van der Waals surface area contributed by atoms with Crippen LogP contribution in [0.5, 0.6) is 0 Å². The molecule has 1 radical (unpaired) electrons. The van der Waals surface area contributed by atoms with E-state index >= 15 is 0 Å². The van der Waals surface area contributed by atoms with Crippen LogP contribution in [-0.2, 0) is 0 Å². The van der Waals surface area contributed by atoms with Crippen molar-refractivity contribution in [3.8, 4) is 0 Å². The maximum atomic E-state index is 10.2. The van der Waals surface area contributed by atoms with Crippen LogP contribution in [0.2, 0.25) is 0 Å². The molecule has 0 unspecified atom stereocenters. The topological polar surface area (TPSA) is 61.0 Å². The predicted molar refractivity (Wildman–Crippen MR) is 34.4 cm³/mol. The van der Waals surface area contributed by atoms with Crippen molar-refractivity contribution in [1.29, 1.82) is 0 Å². The average molecular weight is 140 g/mol. The lowest BCUT2D eigenvalue weighted by molar-refractivity contribution is -0.385. The van der Waals surface area contributed by atoms with Crippen molar-refractivity contribution in [3.05, 3.63) is 29.1 Å². The number of nitro groups is 1. The van der Waals surface area contributed by atoms with E-state index in [-0.39, 0.29) is 5.69 Å². The Hall–Kier alpha value is -1.39. The Labute approximate surface area is 57.4 Å². The van der Waals surface area contributed by atoms with Crippen molar-refractivity contribution in [2.24, 2.45) is 0 Å². The molecule has 10 heavy (non-hydrogen) atoms. The van der Waals surface area contributed by atoms with Gasteiger partial charge in [0.15, 0.2) is 0 Å². The van der Waals surface area contributed by atoms with Crippen molar-refractivity contribution in [1.82, 2.24) is 9.78 Å². The van der Waals surface area contributed by atoms with Crippen LogP contribution in [0.4, 0.5) is 5.69 Å². The molecule has 0 aliphatic rings. The SMILES string of the molecule is [CH2]n1cc([N+](=O)[O-])c(C)n1. The molecule has 5 heteroatoms. The van der Waals surface area contributed by atoms with E-state index in [1.807, 2.05) is 0 Å². The van der Waals surface area contributed by atoms with Gasteiger partial charge in [-0.05, 0) is 6.92 Å². The van der Waals surface area contributed by atoms with Crippen molar-refractivity contribution >= 4 is 5.69 Å². The molecular weight excluding hydrogens is 134 g/mol. The molecule has 0 aliphatic carbocycles. The van der Waals surface area contributed by atoms with E-state index in [1.54, 1.807) is 6.92 Å². The molecular formula is C5H6N3O2. The van der Waals surface area contributed by atoms with E-state index in [0.717, 1.165) is 0 Å². The summed E-state index contributed by atoms with van der Waals surface area (Å²) in [4.78, 5) is 9.68. The number of hydrogen-bond acceptors (Lipinski definition) is 3. The van der Waals surface area contributed by atoms with E-state index in [1.165, 1.54) is 10.9 Å². The highest BCUT2D eigenvalue weighted by atomic mass is 16.6. The summed E-state index contributed by atoms with van der Waals surface area (Å²) in [7, 11) is 3.39. The van der Waals surface area contributed by atoms with Crippen LogP contribution >= 0.6 is 0 Å². The van der Waals surface area contributed by atoms with Gasteiger partial charge in [0.2, 0.25) is 0 Å². The van der Waals surface area contributed by atoms with Crippen molar-refractivity contribution < 1.29 is 4.92 Å². The predicted octanol–water partition coefficient (Wildman–Crippen LogP) is 0.739. The molecule has 1 aromatic rings. The maximum absolute atomic E-state index is 10.2. The quantitative estimate of drug-likeness (QED) is 0.427. The van der Waals surface area contributed by atoms with E-state index < -0.39 is 4.92 Å². The zero-order valence-corrected chi connectivity index (χ0v) is 5.44. The molecule has 1 rings (SSSR count). The highest BCUT2D eigenvalue weighted by Crippen LogP contribution is 2.13. The van der Waals surface area contributed by atoms with Gasteiger partial charge in [0.05, 0.1) is 12.0 Å². The van der Waals surface area contributed by atoms with Gasteiger partial charge in [-0.15, -0.1) is 0 Å². The number of hydrogen-bond donors (Lipinski definition) is 0. The second kappa shape index (κ2) is 2.09. The number of aromatic nitrogens is 2. The van der Waals surface area contributed by atoms with Gasteiger partial charge in [0, 0.05) is 0 Å². The van der Waals surface area contributed by atoms with Crippen LogP contribution in [0.25, 0.3) is 0 Å². The molecule has 1 aromatic heterocycles. The summed E-state index contributed by atoms with van der Waals surface area (Å²) in [6, 6.07) is 0.